The van der Waals surface area contributed by atoms with Crippen molar-refractivity contribution in [3.8, 4) is 11.3 Å². The summed E-state index contributed by atoms with van der Waals surface area (Å²) in [6, 6.07) is 16.6. The lowest BCUT2D eigenvalue weighted by Gasteiger charge is -2.33. The highest BCUT2D eigenvalue weighted by Crippen LogP contribution is 2.26. The smallest absolute Gasteiger partial charge is 0.339 e. The van der Waals surface area contributed by atoms with Crippen LogP contribution in [-0.4, -0.2) is 41.0 Å². The molecule has 154 valence electrons. The fourth-order valence-electron chi connectivity index (χ4n) is 3.87. The van der Waals surface area contributed by atoms with Gasteiger partial charge >= 0.3 is 5.97 Å². The molecule has 4 rings (SSSR count). The number of pyridine rings is 1. The third-order valence-electron chi connectivity index (χ3n) is 5.53. The Bertz CT molecular complexity index is 1080. The van der Waals surface area contributed by atoms with Crippen molar-refractivity contribution < 1.29 is 14.3 Å². The molecule has 1 aromatic heterocycles. The molecule has 3 aromatic rings. The van der Waals surface area contributed by atoms with Gasteiger partial charge in [-0.1, -0.05) is 41.9 Å². The fourth-order valence-corrected chi connectivity index (χ4v) is 4.00. The summed E-state index contributed by atoms with van der Waals surface area (Å²) in [5.41, 5.74) is 2.57. The maximum Gasteiger partial charge on any atom is 0.339 e. The molecule has 1 saturated heterocycles. The van der Waals surface area contributed by atoms with E-state index >= 15 is 0 Å². The van der Waals surface area contributed by atoms with Crippen LogP contribution in [-0.2, 0) is 9.53 Å². The minimum absolute atomic E-state index is 0.146. The van der Waals surface area contributed by atoms with E-state index in [0.717, 1.165) is 31.4 Å². The molecule has 30 heavy (non-hydrogen) atoms. The van der Waals surface area contributed by atoms with E-state index in [4.69, 9.17) is 16.3 Å². The molecule has 1 atom stereocenters. The number of nitrogens with zero attached hydrogens (tertiary/aromatic N) is 2. The van der Waals surface area contributed by atoms with Gasteiger partial charge in [-0.15, -0.1) is 0 Å². The number of carbonyl (C=O) groups excluding carboxylic acids is 2. The Kier molecular flexibility index (Phi) is 6.00. The maximum atomic E-state index is 12.9. The first kappa shape index (κ1) is 20.4. The van der Waals surface area contributed by atoms with E-state index in [9.17, 15) is 9.59 Å². The van der Waals surface area contributed by atoms with E-state index in [1.165, 1.54) is 0 Å². The first-order chi connectivity index (χ1) is 14.5. The average Bonchev–Trinajstić information content (AvgIpc) is 2.77. The Balaban J connectivity index is 1.59. The van der Waals surface area contributed by atoms with Crippen LogP contribution in [0, 0.1) is 0 Å². The van der Waals surface area contributed by atoms with Crippen LogP contribution < -0.4 is 0 Å². The number of carbonyl (C=O) groups is 2. The molecule has 0 saturated carbocycles. The van der Waals surface area contributed by atoms with Gasteiger partial charge in [0.2, 0.25) is 0 Å². The molecule has 0 spiro atoms. The summed E-state index contributed by atoms with van der Waals surface area (Å²) in [6.07, 6.45) is 3.10. The van der Waals surface area contributed by atoms with Gasteiger partial charge in [-0.25, -0.2) is 9.78 Å². The van der Waals surface area contributed by atoms with Gasteiger partial charge in [-0.05, 0) is 50.5 Å². The number of piperidine rings is 1. The third kappa shape index (κ3) is 4.31. The summed E-state index contributed by atoms with van der Waals surface area (Å²) in [7, 11) is 0. The average molecular weight is 423 g/mol. The molecule has 0 N–H and O–H groups in total. The molecular weight excluding hydrogens is 400 g/mol. The van der Waals surface area contributed by atoms with Crippen molar-refractivity contribution in [2.75, 3.05) is 13.2 Å². The molecule has 0 radical (unpaired) electrons. The van der Waals surface area contributed by atoms with Crippen LogP contribution in [0.25, 0.3) is 22.2 Å². The van der Waals surface area contributed by atoms with Crippen molar-refractivity contribution in [3.05, 3.63) is 65.2 Å². The minimum Gasteiger partial charge on any atom is -0.452 e. The molecule has 0 bridgehead atoms. The number of aromatic nitrogens is 1. The van der Waals surface area contributed by atoms with Crippen molar-refractivity contribution in [1.29, 1.82) is 0 Å². The molecule has 1 fully saturated rings. The predicted molar refractivity (Wildman–Crippen MR) is 117 cm³/mol. The summed E-state index contributed by atoms with van der Waals surface area (Å²) >= 11 is 5.99. The number of esters is 1. The first-order valence-corrected chi connectivity index (χ1v) is 10.5. The van der Waals surface area contributed by atoms with E-state index in [1.807, 2.05) is 43.3 Å². The van der Waals surface area contributed by atoms with Crippen LogP contribution in [0.1, 0.15) is 36.5 Å². The number of hydrogen-bond acceptors (Lipinski definition) is 4. The Morgan fingerprint density at radius 3 is 2.67 bits per heavy atom. The highest BCUT2D eigenvalue weighted by atomic mass is 35.5. The molecule has 2 heterocycles. The number of hydrogen-bond donors (Lipinski definition) is 0. The summed E-state index contributed by atoms with van der Waals surface area (Å²) in [5, 5.41) is 1.32. The molecule has 0 unspecified atom stereocenters. The third-order valence-corrected chi connectivity index (χ3v) is 5.78. The summed E-state index contributed by atoms with van der Waals surface area (Å²) in [5.74, 6) is -0.673. The summed E-state index contributed by atoms with van der Waals surface area (Å²) in [4.78, 5) is 32.0. The van der Waals surface area contributed by atoms with Gasteiger partial charge in [0.15, 0.2) is 6.61 Å². The van der Waals surface area contributed by atoms with Gasteiger partial charge in [0.05, 0.1) is 16.8 Å². The lowest BCUT2D eigenvalue weighted by molar-refractivity contribution is -0.137. The quantitative estimate of drug-likeness (QED) is 0.548. The van der Waals surface area contributed by atoms with Gasteiger partial charge in [0.1, 0.15) is 0 Å². The number of halogens is 1. The zero-order chi connectivity index (χ0) is 21.1. The first-order valence-electron chi connectivity index (χ1n) is 10.2. The molecule has 1 amide bonds. The van der Waals surface area contributed by atoms with Gasteiger partial charge in [-0.2, -0.15) is 0 Å². The lowest BCUT2D eigenvalue weighted by Crippen LogP contribution is -2.44. The molecule has 2 aromatic carbocycles. The monoisotopic (exact) mass is 422 g/mol. The number of likely N-dealkylation sites (tertiary alicyclic amines) is 1. The Labute approximate surface area is 180 Å². The van der Waals surface area contributed by atoms with Crippen molar-refractivity contribution in [2.24, 2.45) is 0 Å². The Hall–Kier alpha value is -2.92. The molecule has 1 aliphatic heterocycles. The van der Waals surface area contributed by atoms with E-state index in [-0.39, 0.29) is 18.6 Å². The standard InChI is InChI=1S/C24H23ClN2O3/c1-16-6-4-5-13-27(16)23(28)15-30-24(29)20-14-22(17-9-11-18(25)12-10-17)26-21-8-3-2-7-19(20)21/h2-3,7-12,14,16H,4-6,13,15H2,1H3/t16-/m1/s1. The van der Waals surface area contributed by atoms with Crippen molar-refractivity contribution in [1.82, 2.24) is 9.88 Å². The van der Waals surface area contributed by atoms with Crippen LogP contribution in [0.3, 0.4) is 0 Å². The minimum atomic E-state index is -0.526. The summed E-state index contributed by atoms with van der Waals surface area (Å²) < 4.78 is 5.43. The highest BCUT2D eigenvalue weighted by Gasteiger charge is 2.24. The lowest BCUT2D eigenvalue weighted by atomic mass is 10.0. The van der Waals surface area contributed by atoms with E-state index in [2.05, 4.69) is 4.98 Å². The number of para-hydroxylation sites is 1. The second-order valence-electron chi connectivity index (χ2n) is 7.59. The Morgan fingerprint density at radius 2 is 1.90 bits per heavy atom. The van der Waals surface area contributed by atoms with E-state index in [0.29, 0.717) is 27.2 Å². The van der Waals surface area contributed by atoms with Gasteiger partial charge in [0.25, 0.3) is 5.91 Å². The van der Waals surface area contributed by atoms with Crippen LogP contribution in [0.15, 0.2) is 54.6 Å². The fraction of sp³-hybridized carbons (Fsp3) is 0.292. The second kappa shape index (κ2) is 8.84. The van der Waals surface area contributed by atoms with Crippen molar-refractivity contribution in [2.45, 2.75) is 32.2 Å². The molecule has 6 heteroatoms. The normalized spacial score (nSPS) is 16.5. The maximum absolute atomic E-state index is 12.9. The molecule has 1 aliphatic rings. The number of benzene rings is 2. The van der Waals surface area contributed by atoms with Crippen LogP contribution in [0.2, 0.25) is 5.02 Å². The SMILES string of the molecule is C[C@@H]1CCCCN1C(=O)COC(=O)c1cc(-c2ccc(Cl)cc2)nc2ccccc12. The number of fused-ring (bicyclic) bond motifs is 1. The number of amides is 1. The molecule has 0 aliphatic carbocycles. The van der Waals surface area contributed by atoms with Gasteiger partial charge < -0.3 is 9.64 Å². The number of rotatable bonds is 4. The highest BCUT2D eigenvalue weighted by molar-refractivity contribution is 6.30. The number of ether oxygens (including phenoxy) is 1. The largest absolute Gasteiger partial charge is 0.452 e. The van der Waals surface area contributed by atoms with E-state index in [1.54, 1.807) is 23.1 Å². The van der Waals surface area contributed by atoms with Crippen LogP contribution >= 0.6 is 11.6 Å². The van der Waals surface area contributed by atoms with Crippen LogP contribution in [0.5, 0.6) is 0 Å². The topological polar surface area (TPSA) is 59.5 Å². The van der Waals surface area contributed by atoms with Crippen molar-refractivity contribution >= 4 is 34.4 Å². The predicted octanol–water partition coefficient (Wildman–Crippen LogP) is 5.11. The molecular formula is C24H23ClN2O3. The zero-order valence-electron chi connectivity index (χ0n) is 16.8. The van der Waals surface area contributed by atoms with Gasteiger partial charge in [0, 0.05) is 28.6 Å². The van der Waals surface area contributed by atoms with Crippen molar-refractivity contribution in [3.63, 3.8) is 0 Å². The Morgan fingerprint density at radius 1 is 1.13 bits per heavy atom. The second-order valence-corrected chi connectivity index (χ2v) is 8.02. The molecule has 5 nitrogen and oxygen atoms in total. The van der Waals surface area contributed by atoms with E-state index < -0.39 is 5.97 Å². The van der Waals surface area contributed by atoms with Gasteiger partial charge in [-0.3, -0.25) is 4.79 Å². The van der Waals surface area contributed by atoms with Crippen LogP contribution in [0.4, 0.5) is 0 Å². The zero-order valence-corrected chi connectivity index (χ0v) is 17.6. The summed E-state index contributed by atoms with van der Waals surface area (Å²) in [6.45, 7) is 2.50.